The van der Waals surface area contributed by atoms with Crippen molar-refractivity contribution < 1.29 is 18.3 Å². The maximum Gasteiger partial charge on any atom is 0.220 e. The van der Waals surface area contributed by atoms with Crippen LogP contribution >= 0.6 is 0 Å². The normalized spacial score (nSPS) is 17.4. The van der Waals surface area contributed by atoms with Crippen molar-refractivity contribution in [2.45, 2.75) is 0 Å². The number of ether oxygens (including phenoxy) is 1. The Morgan fingerprint density at radius 2 is 1.94 bits per heavy atom. The second kappa shape index (κ2) is 4.10. The third kappa shape index (κ3) is 2.56. The molecule has 7 heteroatoms. The van der Waals surface area contributed by atoms with Crippen LogP contribution in [0.1, 0.15) is 0 Å². The van der Waals surface area contributed by atoms with E-state index in [1.807, 2.05) is 0 Å². The molecule has 2 rings (SSSR count). The van der Waals surface area contributed by atoms with Crippen LogP contribution in [0.25, 0.3) is 0 Å². The molecule has 0 unspecified atom stereocenters. The molecule has 90 valence electrons. The summed E-state index contributed by atoms with van der Waals surface area (Å²) in [6.07, 6.45) is 0. The lowest BCUT2D eigenvalue weighted by Gasteiger charge is -2.05. The van der Waals surface area contributed by atoms with Crippen LogP contribution in [0.4, 0.5) is 0 Å². The minimum absolute atomic E-state index is 0.0469. The van der Waals surface area contributed by atoms with Crippen LogP contribution in [0.2, 0.25) is 0 Å². The zero-order chi connectivity index (χ0) is 12.5. The van der Waals surface area contributed by atoms with Crippen molar-refractivity contribution in [1.29, 1.82) is 0 Å². The van der Waals surface area contributed by atoms with Crippen LogP contribution in [0.3, 0.4) is 0 Å². The number of aliphatic imine (C=N–C) groups is 1. The molecule has 0 saturated heterocycles. The van der Waals surface area contributed by atoms with Gasteiger partial charge in [0, 0.05) is 0 Å². The van der Waals surface area contributed by atoms with Crippen molar-refractivity contribution in [3.05, 3.63) is 35.5 Å². The second-order valence-electron chi connectivity index (χ2n) is 3.38. The van der Waals surface area contributed by atoms with Crippen LogP contribution in [0.5, 0.6) is 11.5 Å². The molecular weight excluding hydrogens is 244 g/mol. The highest BCUT2D eigenvalue weighted by Crippen LogP contribution is 2.17. The van der Waals surface area contributed by atoms with Gasteiger partial charge in [-0.05, 0) is 24.3 Å². The molecule has 0 saturated carbocycles. The fraction of sp³-hybridized carbons (Fsp3) is 0.100. The van der Waals surface area contributed by atoms with Crippen LogP contribution in [0.15, 0.2) is 40.5 Å². The highest BCUT2D eigenvalue weighted by atomic mass is 32.2. The summed E-state index contributed by atoms with van der Waals surface area (Å²) in [6, 6.07) is 5.92. The Hall–Kier alpha value is -2.02. The number of phenolic OH excluding ortho intramolecular Hbond substituents is 1. The van der Waals surface area contributed by atoms with Crippen LogP contribution < -0.4 is 10.5 Å². The van der Waals surface area contributed by atoms with Crippen molar-refractivity contribution >= 4 is 14.9 Å². The number of rotatable bonds is 3. The molecule has 6 nitrogen and oxygen atoms in total. The molecule has 1 heterocycles. The molecular formula is C10H10N2O4S. The van der Waals surface area contributed by atoms with Crippen LogP contribution in [-0.4, -0.2) is 25.2 Å². The highest BCUT2D eigenvalue weighted by molar-refractivity contribution is 8.09. The Morgan fingerprint density at radius 3 is 2.47 bits per heavy atom. The van der Waals surface area contributed by atoms with Gasteiger partial charge in [-0.2, -0.15) is 0 Å². The third-order valence-electron chi connectivity index (χ3n) is 2.06. The van der Waals surface area contributed by atoms with Crippen molar-refractivity contribution in [2.24, 2.45) is 10.7 Å². The molecule has 0 aromatic heterocycles. The number of benzene rings is 1. The Kier molecular flexibility index (Phi) is 2.76. The van der Waals surface area contributed by atoms with E-state index in [1.54, 1.807) is 0 Å². The van der Waals surface area contributed by atoms with Crippen molar-refractivity contribution in [1.82, 2.24) is 0 Å². The molecule has 0 aliphatic carbocycles. The summed E-state index contributed by atoms with van der Waals surface area (Å²) in [5.41, 5.74) is 5.30. The lowest BCUT2D eigenvalue weighted by Crippen LogP contribution is -2.17. The van der Waals surface area contributed by atoms with Crippen LogP contribution in [0, 0.1) is 0 Å². The molecule has 0 atom stereocenters. The van der Waals surface area contributed by atoms with Gasteiger partial charge in [0.05, 0.1) is 5.41 Å². The fourth-order valence-electron chi connectivity index (χ4n) is 1.26. The molecule has 3 N–H and O–H groups in total. The molecule has 17 heavy (non-hydrogen) atoms. The highest BCUT2D eigenvalue weighted by Gasteiger charge is 2.24. The number of phenols is 1. The molecule has 0 fully saturated rings. The van der Waals surface area contributed by atoms with Gasteiger partial charge in [-0.1, -0.05) is 0 Å². The van der Waals surface area contributed by atoms with E-state index in [2.05, 4.69) is 4.99 Å². The number of hydrogen-bond acceptors (Lipinski definition) is 6. The fourth-order valence-corrected chi connectivity index (χ4v) is 2.23. The zero-order valence-electron chi connectivity index (χ0n) is 8.70. The standard InChI is InChI=1S/C10H10N2O4S/c11-9-6-17(14,15)10(12-9)5-16-8-3-1-7(13)2-4-8/h1-4,6,13H,5,11H2. The maximum absolute atomic E-state index is 11.4. The first-order valence-corrected chi connectivity index (χ1v) is 6.24. The summed E-state index contributed by atoms with van der Waals surface area (Å²) < 4.78 is 28.1. The summed E-state index contributed by atoms with van der Waals surface area (Å²) >= 11 is 0. The summed E-state index contributed by atoms with van der Waals surface area (Å²) in [4.78, 5) is 3.67. The molecule has 1 aromatic carbocycles. The molecule has 1 aromatic rings. The van der Waals surface area contributed by atoms with Gasteiger partial charge in [-0.3, -0.25) is 0 Å². The topological polar surface area (TPSA) is 102 Å². The van der Waals surface area contributed by atoms with E-state index in [0.717, 1.165) is 5.41 Å². The van der Waals surface area contributed by atoms with E-state index in [0.29, 0.717) is 5.75 Å². The van der Waals surface area contributed by atoms with E-state index in [9.17, 15) is 8.42 Å². The molecule has 0 spiro atoms. The van der Waals surface area contributed by atoms with Crippen LogP contribution in [-0.2, 0) is 9.84 Å². The van der Waals surface area contributed by atoms with Gasteiger partial charge < -0.3 is 15.6 Å². The number of sulfone groups is 1. The second-order valence-corrected chi connectivity index (χ2v) is 5.17. The molecule has 0 bridgehead atoms. The van der Waals surface area contributed by atoms with E-state index in [4.69, 9.17) is 15.6 Å². The number of aromatic hydroxyl groups is 1. The van der Waals surface area contributed by atoms with Gasteiger partial charge in [0.1, 0.15) is 23.9 Å². The van der Waals surface area contributed by atoms with Gasteiger partial charge in [-0.15, -0.1) is 0 Å². The van der Waals surface area contributed by atoms with Gasteiger partial charge in [0.15, 0.2) is 5.04 Å². The SMILES string of the molecule is NC1=CS(=O)(=O)C(COc2ccc(O)cc2)=N1. The average Bonchev–Trinajstić information content (AvgIpc) is 2.51. The van der Waals surface area contributed by atoms with Gasteiger partial charge >= 0.3 is 0 Å². The van der Waals surface area contributed by atoms with Gasteiger partial charge in [-0.25, -0.2) is 13.4 Å². The molecule has 1 aliphatic heterocycles. The Bertz CT molecular complexity index is 587. The number of nitrogens with zero attached hydrogens (tertiary/aromatic N) is 1. The van der Waals surface area contributed by atoms with E-state index >= 15 is 0 Å². The lowest BCUT2D eigenvalue weighted by molar-refractivity contribution is 0.377. The number of nitrogens with two attached hydrogens (primary N) is 1. The smallest absolute Gasteiger partial charge is 0.220 e. The number of hydrogen-bond donors (Lipinski definition) is 2. The first kappa shape index (κ1) is 11.5. The van der Waals surface area contributed by atoms with Crippen molar-refractivity contribution in [3.8, 4) is 11.5 Å². The predicted octanol–water partition coefficient (Wildman–Crippen LogP) is 0.355. The molecule has 0 amide bonds. The Balaban J connectivity index is 2.05. The summed E-state index contributed by atoms with van der Waals surface area (Å²) in [5.74, 6) is 0.495. The first-order valence-electron chi connectivity index (χ1n) is 4.69. The largest absolute Gasteiger partial charge is 0.508 e. The first-order chi connectivity index (χ1) is 7.97. The monoisotopic (exact) mass is 254 g/mol. The van der Waals surface area contributed by atoms with Gasteiger partial charge in [0.25, 0.3) is 0 Å². The van der Waals surface area contributed by atoms with Crippen molar-refractivity contribution in [3.63, 3.8) is 0 Å². The Labute approximate surface area is 98.0 Å². The zero-order valence-corrected chi connectivity index (χ0v) is 9.52. The minimum Gasteiger partial charge on any atom is -0.508 e. The minimum atomic E-state index is -3.53. The predicted molar refractivity (Wildman–Crippen MR) is 62.2 cm³/mol. The summed E-state index contributed by atoms with van der Waals surface area (Å²) in [5, 5.41) is 9.82. The maximum atomic E-state index is 11.4. The van der Waals surface area contributed by atoms with E-state index in [-0.39, 0.29) is 23.2 Å². The third-order valence-corrected chi connectivity index (χ3v) is 3.47. The molecule has 1 aliphatic rings. The summed E-state index contributed by atoms with van der Waals surface area (Å²) in [7, 11) is -3.53. The van der Waals surface area contributed by atoms with E-state index < -0.39 is 9.84 Å². The summed E-state index contributed by atoms with van der Waals surface area (Å²) in [6.45, 7) is -0.190. The molecule has 0 radical (unpaired) electrons. The Morgan fingerprint density at radius 1 is 1.29 bits per heavy atom. The van der Waals surface area contributed by atoms with Crippen molar-refractivity contribution in [2.75, 3.05) is 6.61 Å². The van der Waals surface area contributed by atoms with E-state index in [1.165, 1.54) is 24.3 Å². The quantitative estimate of drug-likeness (QED) is 0.810. The average molecular weight is 254 g/mol. The lowest BCUT2D eigenvalue weighted by atomic mass is 10.3. The van der Waals surface area contributed by atoms with Gasteiger partial charge in [0.2, 0.25) is 9.84 Å².